The Labute approximate surface area is 125 Å². The van der Waals surface area contributed by atoms with Crippen LogP contribution < -0.4 is 10.6 Å². The van der Waals surface area contributed by atoms with Gasteiger partial charge in [0.15, 0.2) is 0 Å². The molecule has 0 atom stereocenters. The summed E-state index contributed by atoms with van der Waals surface area (Å²) in [5.74, 6) is -0.441. The highest BCUT2D eigenvalue weighted by Crippen LogP contribution is 2.12. The lowest BCUT2D eigenvalue weighted by Gasteiger charge is -2.08. The summed E-state index contributed by atoms with van der Waals surface area (Å²) in [5, 5.41) is 5.38. The Morgan fingerprint density at radius 1 is 1.10 bits per heavy atom. The Kier molecular flexibility index (Phi) is 7.80. The average Bonchev–Trinajstić information content (AvgIpc) is 2.45. The SMILES string of the molecule is CCCCCCNC(=O)CNC(=O)c1ccccc1S. The first-order valence-electron chi connectivity index (χ1n) is 6.98. The Morgan fingerprint density at radius 3 is 2.55 bits per heavy atom. The molecule has 1 aromatic carbocycles. The Morgan fingerprint density at radius 2 is 1.85 bits per heavy atom. The Balaban J connectivity index is 2.24. The van der Waals surface area contributed by atoms with E-state index in [1.807, 2.05) is 6.07 Å². The van der Waals surface area contributed by atoms with Crippen molar-refractivity contribution in [2.75, 3.05) is 13.1 Å². The highest BCUT2D eigenvalue weighted by molar-refractivity contribution is 7.80. The smallest absolute Gasteiger partial charge is 0.252 e. The zero-order valence-electron chi connectivity index (χ0n) is 11.8. The van der Waals surface area contributed by atoms with Gasteiger partial charge in [0.05, 0.1) is 12.1 Å². The molecular weight excluding hydrogens is 272 g/mol. The fourth-order valence-corrected chi connectivity index (χ4v) is 2.03. The van der Waals surface area contributed by atoms with Crippen molar-refractivity contribution in [2.24, 2.45) is 0 Å². The maximum atomic E-state index is 11.8. The monoisotopic (exact) mass is 294 g/mol. The molecule has 0 aliphatic carbocycles. The Bertz CT molecular complexity index is 449. The fraction of sp³-hybridized carbons (Fsp3) is 0.467. The van der Waals surface area contributed by atoms with Crippen molar-refractivity contribution in [3.05, 3.63) is 29.8 Å². The second-order valence-corrected chi connectivity index (χ2v) is 5.09. The summed E-state index contributed by atoms with van der Waals surface area (Å²) in [6.07, 6.45) is 4.46. The molecule has 0 unspecified atom stereocenters. The molecule has 110 valence electrons. The third-order valence-electron chi connectivity index (χ3n) is 2.91. The summed E-state index contributed by atoms with van der Waals surface area (Å²) in [6.45, 7) is 2.81. The van der Waals surface area contributed by atoms with E-state index >= 15 is 0 Å². The molecule has 4 nitrogen and oxygen atoms in total. The predicted octanol–water partition coefficient (Wildman–Crippen LogP) is 2.40. The summed E-state index contributed by atoms with van der Waals surface area (Å²) in [7, 11) is 0. The van der Waals surface area contributed by atoms with Gasteiger partial charge in [-0.15, -0.1) is 12.6 Å². The molecule has 1 aromatic rings. The normalized spacial score (nSPS) is 10.1. The molecule has 0 fully saturated rings. The maximum Gasteiger partial charge on any atom is 0.252 e. The minimum atomic E-state index is -0.281. The van der Waals surface area contributed by atoms with Crippen LogP contribution in [0.5, 0.6) is 0 Å². The molecule has 20 heavy (non-hydrogen) atoms. The van der Waals surface area contributed by atoms with Crippen LogP contribution in [0.4, 0.5) is 0 Å². The molecule has 0 spiro atoms. The summed E-state index contributed by atoms with van der Waals surface area (Å²) in [4.78, 5) is 24.0. The molecule has 0 bridgehead atoms. The van der Waals surface area contributed by atoms with Gasteiger partial charge in [0.25, 0.3) is 5.91 Å². The lowest BCUT2D eigenvalue weighted by atomic mass is 10.2. The molecule has 5 heteroatoms. The van der Waals surface area contributed by atoms with Crippen LogP contribution in [0.1, 0.15) is 43.0 Å². The second-order valence-electron chi connectivity index (χ2n) is 4.61. The number of carbonyl (C=O) groups is 2. The third kappa shape index (κ3) is 6.10. The summed E-state index contributed by atoms with van der Waals surface area (Å²) in [6, 6.07) is 7.00. The molecule has 0 saturated carbocycles. The van der Waals surface area contributed by atoms with E-state index in [0.29, 0.717) is 17.0 Å². The van der Waals surface area contributed by atoms with Crippen LogP contribution in [0.2, 0.25) is 0 Å². The molecule has 0 aromatic heterocycles. The van der Waals surface area contributed by atoms with Crippen molar-refractivity contribution in [3.8, 4) is 0 Å². The number of benzene rings is 1. The molecule has 0 aliphatic rings. The number of hydrogen-bond donors (Lipinski definition) is 3. The number of thiol groups is 1. The van der Waals surface area contributed by atoms with E-state index in [1.54, 1.807) is 18.2 Å². The van der Waals surface area contributed by atoms with E-state index in [9.17, 15) is 9.59 Å². The van der Waals surface area contributed by atoms with Crippen LogP contribution in [0.25, 0.3) is 0 Å². The Hall–Kier alpha value is -1.49. The van der Waals surface area contributed by atoms with Gasteiger partial charge < -0.3 is 10.6 Å². The van der Waals surface area contributed by atoms with Crippen LogP contribution in [0.15, 0.2) is 29.2 Å². The zero-order chi connectivity index (χ0) is 14.8. The molecule has 2 amide bonds. The molecule has 2 N–H and O–H groups in total. The van der Waals surface area contributed by atoms with E-state index in [1.165, 1.54) is 12.8 Å². The number of rotatable bonds is 8. The van der Waals surface area contributed by atoms with Gasteiger partial charge in [-0.25, -0.2) is 0 Å². The molecule has 0 aliphatic heterocycles. The number of hydrogen-bond acceptors (Lipinski definition) is 3. The van der Waals surface area contributed by atoms with Gasteiger partial charge in [-0.2, -0.15) is 0 Å². The lowest BCUT2D eigenvalue weighted by Crippen LogP contribution is -2.37. The highest BCUT2D eigenvalue weighted by atomic mass is 32.1. The van der Waals surface area contributed by atoms with Crippen molar-refractivity contribution >= 4 is 24.4 Å². The minimum absolute atomic E-state index is 0.00523. The fourth-order valence-electron chi connectivity index (χ4n) is 1.76. The quantitative estimate of drug-likeness (QED) is 0.509. The largest absolute Gasteiger partial charge is 0.355 e. The predicted molar refractivity (Wildman–Crippen MR) is 83.2 cm³/mol. The van der Waals surface area contributed by atoms with Gasteiger partial charge in [-0.1, -0.05) is 38.3 Å². The third-order valence-corrected chi connectivity index (χ3v) is 3.30. The molecule has 1 rings (SSSR count). The van der Waals surface area contributed by atoms with Gasteiger partial charge in [-0.3, -0.25) is 9.59 Å². The lowest BCUT2D eigenvalue weighted by molar-refractivity contribution is -0.120. The van der Waals surface area contributed by atoms with Gasteiger partial charge >= 0.3 is 0 Å². The second kappa shape index (κ2) is 9.42. The first-order chi connectivity index (χ1) is 9.65. The standard InChI is InChI=1S/C15H22N2O2S/c1-2-3-4-7-10-16-14(18)11-17-15(19)12-8-5-6-9-13(12)20/h5-6,8-9,20H,2-4,7,10-11H2,1H3,(H,16,18)(H,17,19). The van der Waals surface area contributed by atoms with Crippen molar-refractivity contribution in [3.63, 3.8) is 0 Å². The van der Waals surface area contributed by atoms with Gasteiger partial charge in [0.1, 0.15) is 0 Å². The summed E-state index contributed by atoms with van der Waals surface area (Å²) < 4.78 is 0. The number of nitrogens with one attached hydrogen (secondary N) is 2. The van der Waals surface area contributed by atoms with Gasteiger partial charge in [0.2, 0.25) is 5.91 Å². The van der Waals surface area contributed by atoms with Crippen molar-refractivity contribution in [1.29, 1.82) is 0 Å². The van der Waals surface area contributed by atoms with E-state index in [4.69, 9.17) is 0 Å². The van der Waals surface area contributed by atoms with Crippen LogP contribution in [0, 0.1) is 0 Å². The zero-order valence-corrected chi connectivity index (χ0v) is 12.7. The van der Waals surface area contributed by atoms with Crippen LogP contribution in [-0.4, -0.2) is 24.9 Å². The van der Waals surface area contributed by atoms with E-state index < -0.39 is 0 Å². The number of unbranched alkanes of at least 4 members (excludes halogenated alkanes) is 3. The first kappa shape index (κ1) is 16.6. The molecule has 0 radical (unpaired) electrons. The van der Waals surface area contributed by atoms with Crippen molar-refractivity contribution in [2.45, 2.75) is 37.5 Å². The minimum Gasteiger partial charge on any atom is -0.355 e. The number of amides is 2. The van der Waals surface area contributed by atoms with Gasteiger partial charge in [-0.05, 0) is 18.6 Å². The van der Waals surface area contributed by atoms with Gasteiger partial charge in [0, 0.05) is 11.4 Å². The number of carbonyl (C=O) groups excluding carboxylic acids is 2. The van der Waals surface area contributed by atoms with E-state index in [2.05, 4.69) is 30.2 Å². The molecular formula is C15H22N2O2S. The van der Waals surface area contributed by atoms with Crippen molar-refractivity contribution in [1.82, 2.24) is 10.6 Å². The topological polar surface area (TPSA) is 58.2 Å². The maximum absolute atomic E-state index is 11.8. The molecule has 0 saturated heterocycles. The van der Waals surface area contributed by atoms with Crippen LogP contribution in [-0.2, 0) is 4.79 Å². The molecule has 0 heterocycles. The van der Waals surface area contributed by atoms with Crippen LogP contribution in [0.3, 0.4) is 0 Å². The van der Waals surface area contributed by atoms with E-state index in [0.717, 1.165) is 12.8 Å². The van der Waals surface area contributed by atoms with Crippen LogP contribution >= 0.6 is 12.6 Å². The highest BCUT2D eigenvalue weighted by Gasteiger charge is 2.09. The van der Waals surface area contributed by atoms with Crippen molar-refractivity contribution < 1.29 is 9.59 Å². The summed E-state index contributed by atoms with van der Waals surface area (Å²) in [5.41, 5.74) is 0.478. The average molecular weight is 294 g/mol. The van der Waals surface area contributed by atoms with E-state index in [-0.39, 0.29) is 18.4 Å². The summed E-state index contributed by atoms with van der Waals surface area (Å²) >= 11 is 4.21. The first-order valence-corrected chi connectivity index (χ1v) is 7.42.